The van der Waals surface area contributed by atoms with Crippen molar-refractivity contribution in [2.75, 3.05) is 49.8 Å². The van der Waals surface area contributed by atoms with Crippen molar-refractivity contribution in [1.82, 2.24) is 24.8 Å². The lowest BCUT2D eigenvalue weighted by molar-refractivity contribution is 0.0815. The second kappa shape index (κ2) is 7.91. The van der Waals surface area contributed by atoms with Crippen molar-refractivity contribution >= 4 is 23.5 Å². The van der Waals surface area contributed by atoms with Crippen LogP contribution in [0.5, 0.6) is 0 Å². The topological polar surface area (TPSA) is 99.2 Å². The number of rotatable bonds is 5. The Labute approximate surface area is 163 Å². The predicted molar refractivity (Wildman–Crippen MR) is 105 cm³/mol. The van der Waals surface area contributed by atoms with Crippen LogP contribution in [0.25, 0.3) is 0 Å². The quantitative estimate of drug-likeness (QED) is 0.794. The Morgan fingerprint density at radius 3 is 2.71 bits per heavy atom. The molecule has 0 radical (unpaired) electrons. The summed E-state index contributed by atoms with van der Waals surface area (Å²) in [6.07, 6.45) is 1.99. The van der Waals surface area contributed by atoms with Crippen LogP contribution >= 0.6 is 0 Å². The van der Waals surface area contributed by atoms with Gasteiger partial charge in [0.1, 0.15) is 5.82 Å². The molecule has 0 aromatic carbocycles. The minimum atomic E-state index is -0.494. The third-order valence-corrected chi connectivity index (χ3v) is 4.76. The maximum atomic E-state index is 13.5. The molecule has 1 aliphatic rings. The summed E-state index contributed by atoms with van der Waals surface area (Å²) < 4.78 is 13.5. The van der Waals surface area contributed by atoms with Crippen LogP contribution in [0.4, 0.5) is 22.0 Å². The van der Waals surface area contributed by atoms with Crippen molar-refractivity contribution in [2.24, 2.45) is 0 Å². The van der Waals surface area contributed by atoms with Crippen LogP contribution in [0.1, 0.15) is 28.3 Å². The largest absolute Gasteiger partial charge is 0.371 e. The van der Waals surface area contributed by atoms with Gasteiger partial charge in [0.2, 0.25) is 11.8 Å². The number of amides is 1. The zero-order valence-electron chi connectivity index (χ0n) is 16.7. The molecule has 10 heteroatoms. The second-order valence-electron chi connectivity index (χ2n) is 7.00. The number of nitrogens with one attached hydrogen (secondary N) is 2. The average molecular weight is 388 g/mol. The molecule has 1 fully saturated rings. The van der Waals surface area contributed by atoms with E-state index in [1.165, 1.54) is 4.90 Å². The molecule has 3 heterocycles. The smallest absolute Gasteiger partial charge is 0.291 e. The SMILES string of the molecule is CNc1nc(N[C@@H]2CCN(c3nc(C(=O)N(C)C)nc(C)c3C)C2)ncc1F. The summed E-state index contributed by atoms with van der Waals surface area (Å²) in [5, 5.41) is 5.95. The summed E-state index contributed by atoms with van der Waals surface area (Å²) in [6.45, 7) is 5.27. The maximum Gasteiger partial charge on any atom is 0.291 e. The van der Waals surface area contributed by atoms with E-state index < -0.39 is 5.82 Å². The molecular weight excluding hydrogens is 363 g/mol. The number of aryl methyl sites for hydroxylation is 1. The number of aromatic nitrogens is 4. The van der Waals surface area contributed by atoms with E-state index >= 15 is 0 Å². The highest BCUT2D eigenvalue weighted by Gasteiger charge is 2.27. The summed E-state index contributed by atoms with van der Waals surface area (Å²) >= 11 is 0. The molecular formula is C18H25FN8O. The molecule has 2 N–H and O–H groups in total. The number of carbonyl (C=O) groups excluding carboxylic acids is 1. The molecule has 2 aromatic rings. The Balaban J connectivity index is 1.77. The lowest BCUT2D eigenvalue weighted by atomic mass is 10.2. The molecule has 1 amide bonds. The van der Waals surface area contributed by atoms with Crippen LogP contribution in [0.3, 0.4) is 0 Å². The Bertz CT molecular complexity index is 888. The van der Waals surface area contributed by atoms with Crippen molar-refractivity contribution in [3.63, 3.8) is 0 Å². The van der Waals surface area contributed by atoms with E-state index in [-0.39, 0.29) is 23.6 Å². The number of hydrogen-bond acceptors (Lipinski definition) is 8. The van der Waals surface area contributed by atoms with Gasteiger partial charge in [-0.2, -0.15) is 4.98 Å². The highest BCUT2D eigenvalue weighted by atomic mass is 19.1. The number of hydrogen-bond donors (Lipinski definition) is 2. The molecule has 0 spiro atoms. The number of nitrogens with zero attached hydrogens (tertiary/aromatic N) is 6. The van der Waals surface area contributed by atoms with Crippen molar-refractivity contribution in [3.8, 4) is 0 Å². The Morgan fingerprint density at radius 2 is 2.04 bits per heavy atom. The van der Waals surface area contributed by atoms with Crippen LogP contribution in [-0.4, -0.2) is 71.0 Å². The summed E-state index contributed by atoms with van der Waals surface area (Å²) in [5.41, 5.74) is 1.73. The normalized spacial score (nSPS) is 16.2. The molecule has 1 saturated heterocycles. The Hall–Kier alpha value is -3.04. The minimum Gasteiger partial charge on any atom is -0.371 e. The summed E-state index contributed by atoms with van der Waals surface area (Å²) in [7, 11) is 4.97. The first-order valence-electron chi connectivity index (χ1n) is 9.08. The molecule has 3 rings (SSSR count). The molecule has 1 atom stereocenters. The molecule has 0 unspecified atom stereocenters. The minimum absolute atomic E-state index is 0.0813. The van der Waals surface area contributed by atoms with Gasteiger partial charge in [-0.25, -0.2) is 19.3 Å². The second-order valence-corrected chi connectivity index (χ2v) is 7.00. The van der Waals surface area contributed by atoms with E-state index in [0.717, 1.165) is 36.2 Å². The molecule has 9 nitrogen and oxygen atoms in total. The molecule has 2 aromatic heterocycles. The first kappa shape index (κ1) is 19.7. The monoisotopic (exact) mass is 388 g/mol. The van der Waals surface area contributed by atoms with Crippen LogP contribution in [0, 0.1) is 19.7 Å². The lowest BCUT2D eigenvalue weighted by Crippen LogP contribution is -2.30. The van der Waals surface area contributed by atoms with E-state index in [0.29, 0.717) is 12.5 Å². The predicted octanol–water partition coefficient (Wildman–Crippen LogP) is 1.46. The zero-order chi connectivity index (χ0) is 20.4. The van der Waals surface area contributed by atoms with Gasteiger partial charge in [-0.1, -0.05) is 0 Å². The zero-order valence-corrected chi connectivity index (χ0v) is 16.7. The summed E-state index contributed by atoms with van der Waals surface area (Å²) in [6, 6.07) is 0.0813. The van der Waals surface area contributed by atoms with Gasteiger partial charge in [0.15, 0.2) is 11.6 Å². The van der Waals surface area contributed by atoms with Crippen LogP contribution in [0.2, 0.25) is 0 Å². The van der Waals surface area contributed by atoms with Crippen molar-refractivity contribution in [2.45, 2.75) is 26.3 Å². The molecule has 150 valence electrons. The van der Waals surface area contributed by atoms with Crippen molar-refractivity contribution < 1.29 is 9.18 Å². The van der Waals surface area contributed by atoms with Gasteiger partial charge in [0.25, 0.3) is 5.91 Å². The fraction of sp³-hybridized carbons (Fsp3) is 0.500. The van der Waals surface area contributed by atoms with Gasteiger partial charge in [-0.15, -0.1) is 0 Å². The van der Waals surface area contributed by atoms with Crippen LogP contribution < -0.4 is 15.5 Å². The first-order chi connectivity index (χ1) is 13.3. The van der Waals surface area contributed by atoms with E-state index in [1.807, 2.05) is 13.8 Å². The fourth-order valence-electron chi connectivity index (χ4n) is 3.08. The number of carbonyl (C=O) groups is 1. The Morgan fingerprint density at radius 1 is 1.29 bits per heavy atom. The molecule has 1 aliphatic heterocycles. The van der Waals surface area contributed by atoms with Gasteiger partial charge >= 0.3 is 0 Å². The highest BCUT2D eigenvalue weighted by Crippen LogP contribution is 2.25. The van der Waals surface area contributed by atoms with E-state index in [4.69, 9.17) is 0 Å². The van der Waals surface area contributed by atoms with Gasteiger partial charge in [-0.3, -0.25) is 4.79 Å². The lowest BCUT2D eigenvalue weighted by Gasteiger charge is -2.22. The molecule has 0 saturated carbocycles. The van der Waals surface area contributed by atoms with Crippen LogP contribution in [0.15, 0.2) is 6.20 Å². The molecule has 0 bridgehead atoms. The number of anilines is 3. The summed E-state index contributed by atoms with van der Waals surface area (Å²) in [5.74, 6) is 0.764. The highest BCUT2D eigenvalue weighted by molar-refractivity contribution is 5.90. The van der Waals surface area contributed by atoms with E-state index in [1.54, 1.807) is 21.1 Å². The van der Waals surface area contributed by atoms with Gasteiger partial charge in [0, 0.05) is 51.5 Å². The van der Waals surface area contributed by atoms with E-state index in [2.05, 4.69) is 35.5 Å². The molecule has 0 aliphatic carbocycles. The van der Waals surface area contributed by atoms with Crippen LogP contribution in [-0.2, 0) is 0 Å². The van der Waals surface area contributed by atoms with Gasteiger partial charge in [-0.05, 0) is 20.3 Å². The Kier molecular flexibility index (Phi) is 5.57. The summed E-state index contributed by atoms with van der Waals surface area (Å²) in [4.78, 5) is 32.9. The van der Waals surface area contributed by atoms with E-state index in [9.17, 15) is 9.18 Å². The maximum absolute atomic E-state index is 13.5. The van der Waals surface area contributed by atoms with Gasteiger partial charge < -0.3 is 20.4 Å². The number of halogens is 1. The first-order valence-corrected chi connectivity index (χ1v) is 9.08. The fourth-order valence-corrected chi connectivity index (χ4v) is 3.08. The van der Waals surface area contributed by atoms with Crippen molar-refractivity contribution in [3.05, 3.63) is 29.1 Å². The third kappa shape index (κ3) is 3.95. The third-order valence-electron chi connectivity index (χ3n) is 4.76. The standard InChI is InChI=1S/C18H25FN8O/c1-10-11(2)22-15(17(28)26(4)5)24-16(10)27-7-6-12(9-27)23-18-21-8-13(19)14(20-3)25-18/h8,12H,6-7,9H2,1-5H3,(H2,20,21,23,25)/t12-/m1/s1. The molecule has 28 heavy (non-hydrogen) atoms. The van der Waals surface area contributed by atoms with Gasteiger partial charge in [0.05, 0.1) is 6.20 Å². The van der Waals surface area contributed by atoms with Crippen molar-refractivity contribution in [1.29, 1.82) is 0 Å². The average Bonchev–Trinajstić information content (AvgIpc) is 3.12.